The van der Waals surface area contributed by atoms with Gasteiger partial charge in [-0.15, -0.1) is 0 Å². The number of amides is 1. The van der Waals surface area contributed by atoms with Crippen LogP contribution in [0.15, 0.2) is 18.2 Å². The molecule has 1 amide bonds. The molecule has 0 saturated carbocycles. The van der Waals surface area contributed by atoms with Gasteiger partial charge in [-0.25, -0.2) is 4.79 Å². The number of carbonyl (C=O) groups excluding carboxylic acids is 2. The monoisotopic (exact) mass is 252 g/mol. The molecule has 0 aliphatic rings. The predicted molar refractivity (Wildman–Crippen MR) is 66.6 cm³/mol. The molecule has 3 N–H and O–H groups in total. The maximum absolute atomic E-state index is 11.3. The van der Waals surface area contributed by atoms with Gasteiger partial charge in [0.05, 0.1) is 19.9 Å². The number of methoxy groups -OCH3 is 2. The molecule has 6 heteroatoms. The molecule has 0 spiro atoms. The van der Waals surface area contributed by atoms with Crippen molar-refractivity contribution in [3.8, 4) is 5.75 Å². The molecule has 1 rings (SSSR count). The number of hydrogen-bond donors (Lipinski definition) is 2. The van der Waals surface area contributed by atoms with E-state index in [1.807, 2.05) is 0 Å². The number of rotatable bonds is 5. The summed E-state index contributed by atoms with van der Waals surface area (Å²) in [7, 11) is 2.80. The summed E-state index contributed by atoms with van der Waals surface area (Å²) in [6.45, 7) is 1.64. The van der Waals surface area contributed by atoms with Crippen molar-refractivity contribution in [2.45, 2.75) is 13.0 Å². The van der Waals surface area contributed by atoms with Crippen LogP contribution in [0, 0.1) is 0 Å². The number of ether oxygens (including phenoxy) is 2. The van der Waals surface area contributed by atoms with E-state index in [1.165, 1.54) is 20.3 Å². The second-order valence-electron chi connectivity index (χ2n) is 3.67. The zero-order valence-corrected chi connectivity index (χ0v) is 10.5. The zero-order valence-electron chi connectivity index (χ0n) is 10.5. The van der Waals surface area contributed by atoms with Crippen molar-refractivity contribution in [1.82, 2.24) is 0 Å². The van der Waals surface area contributed by atoms with E-state index in [1.54, 1.807) is 19.1 Å². The van der Waals surface area contributed by atoms with Crippen LogP contribution in [-0.4, -0.2) is 32.1 Å². The topological polar surface area (TPSA) is 90.6 Å². The van der Waals surface area contributed by atoms with Crippen LogP contribution in [0.5, 0.6) is 5.75 Å². The molecule has 1 unspecified atom stereocenters. The van der Waals surface area contributed by atoms with Crippen LogP contribution < -0.4 is 15.8 Å². The third kappa shape index (κ3) is 3.13. The first-order valence-corrected chi connectivity index (χ1v) is 5.31. The van der Waals surface area contributed by atoms with Gasteiger partial charge in [0, 0.05) is 5.56 Å². The van der Waals surface area contributed by atoms with Gasteiger partial charge in [-0.1, -0.05) is 0 Å². The number of hydrogen-bond acceptors (Lipinski definition) is 5. The van der Waals surface area contributed by atoms with Crippen LogP contribution in [0.25, 0.3) is 0 Å². The molecule has 0 aliphatic carbocycles. The number of benzene rings is 1. The van der Waals surface area contributed by atoms with E-state index in [9.17, 15) is 9.59 Å². The van der Waals surface area contributed by atoms with Crippen LogP contribution >= 0.6 is 0 Å². The number of nitrogens with two attached hydrogens (primary N) is 1. The second kappa shape index (κ2) is 5.90. The van der Waals surface area contributed by atoms with E-state index in [0.717, 1.165) is 0 Å². The van der Waals surface area contributed by atoms with Crippen LogP contribution in [0.1, 0.15) is 17.3 Å². The van der Waals surface area contributed by atoms with E-state index >= 15 is 0 Å². The highest BCUT2D eigenvalue weighted by atomic mass is 16.5. The molecule has 1 aromatic rings. The summed E-state index contributed by atoms with van der Waals surface area (Å²) in [6.07, 6.45) is 0. The van der Waals surface area contributed by atoms with Gasteiger partial charge in [0.2, 0.25) is 5.91 Å². The Kier molecular flexibility index (Phi) is 4.53. The van der Waals surface area contributed by atoms with Gasteiger partial charge in [-0.2, -0.15) is 0 Å². The van der Waals surface area contributed by atoms with Gasteiger partial charge in [0.1, 0.15) is 11.8 Å². The lowest BCUT2D eigenvalue weighted by Gasteiger charge is -2.16. The minimum atomic E-state index is -0.563. The molecular formula is C12H16N2O4. The zero-order chi connectivity index (χ0) is 13.7. The van der Waals surface area contributed by atoms with E-state index in [0.29, 0.717) is 17.0 Å². The van der Waals surface area contributed by atoms with Crippen molar-refractivity contribution in [2.75, 3.05) is 19.5 Å². The molecule has 98 valence electrons. The Balaban J connectivity index is 3.01. The summed E-state index contributed by atoms with van der Waals surface area (Å²) in [4.78, 5) is 22.4. The minimum absolute atomic E-state index is 0.329. The number of anilines is 1. The Morgan fingerprint density at radius 1 is 1.33 bits per heavy atom. The Morgan fingerprint density at radius 3 is 2.50 bits per heavy atom. The highest BCUT2D eigenvalue weighted by molar-refractivity contribution is 5.94. The fourth-order valence-electron chi connectivity index (χ4n) is 1.44. The molecule has 0 fully saturated rings. The quantitative estimate of drug-likeness (QED) is 0.755. The first kappa shape index (κ1) is 13.8. The molecule has 6 nitrogen and oxygen atoms in total. The summed E-state index contributed by atoms with van der Waals surface area (Å²) < 4.78 is 9.73. The average molecular weight is 252 g/mol. The molecule has 0 radical (unpaired) electrons. The number of primary amides is 1. The smallest absolute Gasteiger partial charge is 0.327 e. The molecular weight excluding hydrogens is 236 g/mol. The average Bonchev–Trinajstić information content (AvgIpc) is 2.37. The van der Waals surface area contributed by atoms with Crippen molar-refractivity contribution in [2.24, 2.45) is 5.73 Å². The predicted octanol–water partition coefficient (Wildman–Crippen LogP) is 0.767. The maximum atomic E-state index is 11.3. The fraction of sp³-hybridized carbons (Fsp3) is 0.333. The lowest BCUT2D eigenvalue weighted by atomic mass is 10.1. The van der Waals surface area contributed by atoms with Crippen LogP contribution in [0.2, 0.25) is 0 Å². The van der Waals surface area contributed by atoms with Crippen molar-refractivity contribution in [1.29, 1.82) is 0 Å². The van der Waals surface area contributed by atoms with Gasteiger partial charge in [-0.05, 0) is 25.1 Å². The number of esters is 1. The summed E-state index contributed by atoms with van der Waals surface area (Å²) in [5.41, 5.74) is 6.03. The Hall–Kier alpha value is -2.24. The first-order valence-electron chi connectivity index (χ1n) is 5.31. The van der Waals surface area contributed by atoms with Gasteiger partial charge < -0.3 is 20.5 Å². The second-order valence-corrected chi connectivity index (χ2v) is 3.67. The molecule has 0 aromatic heterocycles. The molecule has 1 atom stereocenters. The van der Waals surface area contributed by atoms with Crippen molar-refractivity contribution in [3.05, 3.63) is 23.8 Å². The van der Waals surface area contributed by atoms with Crippen LogP contribution in [0.3, 0.4) is 0 Å². The highest BCUT2D eigenvalue weighted by Gasteiger charge is 2.15. The van der Waals surface area contributed by atoms with E-state index in [2.05, 4.69) is 10.1 Å². The van der Waals surface area contributed by atoms with E-state index < -0.39 is 17.9 Å². The normalized spacial score (nSPS) is 11.5. The van der Waals surface area contributed by atoms with Gasteiger partial charge in [0.25, 0.3) is 0 Å². The molecule has 0 heterocycles. The minimum Gasteiger partial charge on any atom is -0.495 e. The summed E-state index contributed by atoms with van der Waals surface area (Å²) >= 11 is 0. The van der Waals surface area contributed by atoms with E-state index in [4.69, 9.17) is 10.5 Å². The van der Waals surface area contributed by atoms with E-state index in [-0.39, 0.29) is 0 Å². The molecule has 18 heavy (non-hydrogen) atoms. The maximum Gasteiger partial charge on any atom is 0.327 e. The lowest BCUT2D eigenvalue weighted by molar-refractivity contribution is -0.141. The lowest BCUT2D eigenvalue weighted by Crippen LogP contribution is -2.27. The molecule has 0 saturated heterocycles. The van der Waals surface area contributed by atoms with Gasteiger partial charge >= 0.3 is 5.97 Å². The summed E-state index contributed by atoms with van der Waals surface area (Å²) in [5.74, 6) is -0.455. The fourth-order valence-corrected chi connectivity index (χ4v) is 1.44. The van der Waals surface area contributed by atoms with Crippen molar-refractivity contribution >= 4 is 17.6 Å². The van der Waals surface area contributed by atoms with Gasteiger partial charge in [-0.3, -0.25) is 4.79 Å². The van der Waals surface area contributed by atoms with Crippen molar-refractivity contribution < 1.29 is 19.1 Å². The number of nitrogens with one attached hydrogen (secondary N) is 1. The largest absolute Gasteiger partial charge is 0.495 e. The van der Waals surface area contributed by atoms with Crippen LogP contribution in [0.4, 0.5) is 5.69 Å². The standard InChI is InChI=1S/C12H16N2O4/c1-7(12(16)18-3)14-9-6-8(11(13)15)4-5-10(9)17-2/h4-7,14H,1-3H3,(H2,13,15). The Bertz CT molecular complexity index is 459. The Labute approximate surface area is 105 Å². The first-order chi connectivity index (χ1) is 8.49. The van der Waals surface area contributed by atoms with Gasteiger partial charge in [0.15, 0.2) is 0 Å². The molecule has 1 aromatic carbocycles. The van der Waals surface area contributed by atoms with Crippen molar-refractivity contribution in [3.63, 3.8) is 0 Å². The molecule has 0 aliphatic heterocycles. The summed E-state index contributed by atoms with van der Waals surface area (Å²) in [6, 6.07) is 4.12. The summed E-state index contributed by atoms with van der Waals surface area (Å²) in [5, 5.41) is 2.90. The Morgan fingerprint density at radius 2 is 2.00 bits per heavy atom. The highest BCUT2D eigenvalue weighted by Crippen LogP contribution is 2.26. The SMILES string of the molecule is COC(=O)C(C)Nc1cc(C(N)=O)ccc1OC. The molecule has 0 bridgehead atoms. The van der Waals surface area contributed by atoms with Crippen LogP contribution in [-0.2, 0) is 9.53 Å². The third-order valence-corrected chi connectivity index (χ3v) is 2.41. The third-order valence-electron chi connectivity index (χ3n) is 2.41. The number of carbonyl (C=O) groups is 2.